The van der Waals surface area contributed by atoms with Gasteiger partial charge < -0.3 is 4.74 Å². The molecule has 1 aromatic rings. The third-order valence-electron chi connectivity index (χ3n) is 5.09. The fraction of sp³-hybridized carbons (Fsp3) is 0.556. The molecule has 24 heavy (non-hydrogen) atoms. The van der Waals surface area contributed by atoms with Gasteiger partial charge in [0.25, 0.3) is 0 Å². The molecular weight excluding hydrogens is 316 g/mol. The number of hydrogen-bond acceptors (Lipinski definition) is 3. The van der Waals surface area contributed by atoms with E-state index in [1.807, 2.05) is 0 Å². The zero-order chi connectivity index (χ0) is 17.2. The summed E-state index contributed by atoms with van der Waals surface area (Å²) in [5.74, 6) is -0.411. The Balaban J connectivity index is 1.74. The average Bonchev–Trinajstić information content (AvgIpc) is 2.52. The second-order valence-electron chi connectivity index (χ2n) is 6.77. The van der Waals surface area contributed by atoms with E-state index in [1.165, 1.54) is 11.0 Å². The first kappa shape index (κ1) is 16.9. The van der Waals surface area contributed by atoms with Crippen molar-refractivity contribution in [3.05, 3.63) is 29.8 Å². The van der Waals surface area contributed by atoms with Gasteiger partial charge in [-0.15, -0.1) is 0 Å². The largest absolute Gasteiger partial charge is 0.434 e. The summed E-state index contributed by atoms with van der Waals surface area (Å²) in [6.07, 6.45) is 5.86. The van der Waals surface area contributed by atoms with Gasteiger partial charge in [0.05, 0.1) is 6.54 Å². The number of carbonyl (C=O) groups excluding carboxylic acids is 2. The smallest absolute Gasteiger partial charge is 0.387 e. The number of rotatable bonds is 4. The number of alkyl halides is 2. The Hall–Kier alpha value is -1.98. The van der Waals surface area contributed by atoms with Crippen LogP contribution in [0.1, 0.15) is 50.5 Å². The number of likely N-dealkylation sites (tertiary alicyclic amines) is 1. The lowest BCUT2D eigenvalue weighted by atomic mass is 9.67. The number of benzene rings is 1. The standard InChI is InChI=1S/C18H21F2NO3/c19-17(20)24-14-7-3-2-6-13(14)12-21-15(22)10-18(11-16(21)23)8-4-1-5-9-18/h2-3,6-7,17H,1,4-5,8-12H2. The molecule has 2 amide bonds. The Bertz CT molecular complexity index is 606. The Morgan fingerprint density at radius 2 is 1.67 bits per heavy atom. The molecule has 2 aliphatic rings. The molecular formula is C18H21F2NO3. The average molecular weight is 337 g/mol. The number of imide groups is 1. The van der Waals surface area contributed by atoms with Crippen LogP contribution < -0.4 is 4.74 Å². The molecule has 0 bridgehead atoms. The number of ether oxygens (including phenoxy) is 1. The molecule has 2 fully saturated rings. The maximum atomic E-state index is 12.5. The number of carbonyl (C=O) groups is 2. The van der Waals surface area contributed by atoms with Gasteiger partial charge in [-0.05, 0) is 24.3 Å². The minimum atomic E-state index is -2.94. The van der Waals surface area contributed by atoms with Crippen molar-refractivity contribution in [1.82, 2.24) is 4.90 Å². The van der Waals surface area contributed by atoms with E-state index in [9.17, 15) is 18.4 Å². The maximum absolute atomic E-state index is 12.5. The van der Waals surface area contributed by atoms with Crippen molar-refractivity contribution in [3.8, 4) is 5.75 Å². The lowest BCUT2D eigenvalue weighted by Crippen LogP contribution is -2.48. The van der Waals surface area contributed by atoms with Crippen LogP contribution in [0.15, 0.2) is 24.3 Å². The minimum Gasteiger partial charge on any atom is -0.434 e. The molecule has 0 unspecified atom stereocenters. The van der Waals surface area contributed by atoms with E-state index in [-0.39, 0.29) is 29.5 Å². The normalized spacial score (nSPS) is 20.7. The van der Waals surface area contributed by atoms with Crippen molar-refractivity contribution in [1.29, 1.82) is 0 Å². The molecule has 0 radical (unpaired) electrons. The van der Waals surface area contributed by atoms with Crippen molar-refractivity contribution in [3.63, 3.8) is 0 Å². The Kier molecular flexibility index (Phi) is 4.83. The summed E-state index contributed by atoms with van der Waals surface area (Å²) in [4.78, 5) is 26.3. The number of hydrogen-bond donors (Lipinski definition) is 0. The second kappa shape index (κ2) is 6.87. The summed E-state index contributed by atoms with van der Waals surface area (Å²) < 4.78 is 29.5. The molecule has 1 saturated carbocycles. The van der Waals surface area contributed by atoms with Gasteiger partial charge >= 0.3 is 6.61 Å². The predicted molar refractivity (Wildman–Crippen MR) is 83.4 cm³/mol. The molecule has 4 nitrogen and oxygen atoms in total. The van der Waals surface area contributed by atoms with Crippen molar-refractivity contribution in [2.45, 2.75) is 58.1 Å². The van der Waals surface area contributed by atoms with E-state index in [0.29, 0.717) is 18.4 Å². The Morgan fingerprint density at radius 3 is 2.29 bits per heavy atom. The first-order chi connectivity index (χ1) is 11.5. The van der Waals surface area contributed by atoms with Crippen LogP contribution >= 0.6 is 0 Å². The van der Waals surface area contributed by atoms with Gasteiger partial charge in [-0.2, -0.15) is 8.78 Å². The van der Waals surface area contributed by atoms with Gasteiger partial charge in [0.15, 0.2) is 0 Å². The molecule has 1 saturated heterocycles. The fourth-order valence-electron chi connectivity index (χ4n) is 3.88. The van der Waals surface area contributed by atoms with Crippen molar-refractivity contribution in [2.75, 3.05) is 0 Å². The van der Waals surface area contributed by atoms with Gasteiger partial charge in [0.2, 0.25) is 11.8 Å². The molecule has 1 heterocycles. The van der Waals surface area contributed by atoms with Crippen LogP contribution in [0.5, 0.6) is 5.75 Å². The fourth-order valence-corrected chi connectivity index (χ4v) is 3.88. The summed E-state index contributed by atoms with van der Waals surface area (Å²) >= 11 is 0. The number of nitrogens with zero attached hydrogens (tertiary/aromatic N) is 1. The number of para-hydroxylation sites is 1. The highest BCUT2D eigenvalue weighted by atomic mass is 19.3. The quantitative estimate of drug-likeness (QED) is 0.783. The highest BCUT2D eigenvalue weighted by Gasteiger charge is 2.44. The topological polar surface area (TPSA) is 46.6 Å². The molecule has 1 aromatic carbocycles. The molecule has 0 atom stereocenters. The SMILES string of the molecule is O=C1CC2(CCCCC2)CC(=O)N1Cc1ccccc1OC(F)F. The van der Waals surface area contributed by atoms with Crippen LogP contribution in [0, 0.1) is 5.41 Å². The summed E-state index contributed by atoms with van der Waals surface area (Å²) in [5.41, 5.74) is 0.237. The Morgan fingerprint density at radius 1 is 1.04 bits per heavy atom. The molecule has 1 spiro atoms. The van der Waals surface area contributed by atoms with Crippen LogP contribution in [0.25, 0.3) is 0 Å². The number of halogens is 2. The zero-order valence-electron chi connectivity index (χ0n) is 13.5. The van der Waals surface area contributed by atoms with E-state index < -0.39 is 6.61 Å². The monoisotopic (exact) mass is 337 g/mol. The van der Waals surface area contributed by atoms with E-state index in [1.54, 1.807) is 18.2 Å². The second-order valence-corrected chi connectivity index (χ2v) is 6.77. The maximum Gasteiger partial charge on any atom is 0.387 e. The molecule has 3 rings (SSSR count). The van der Waals surface area contributed by atoms with Crippen LogP contribution in [-0.4, -0.2) is 23.3 Å². The van der Waals surface area contributed by atoms with Gasteiger partial charge in [-0.3, -0.25) is 14.5 Å². The first-order valence-corrected chi connectivity index (χ1v) is 8.35. The van der Waals surface area contributed by atoms with E-state index >= 15 is 0 Å². The molecule has 0 aromatic heterocycles. The van der Waals surface area contributed by atoms with E-state index in [2.05, 4.69) is 4.74 Å². The van der Waals surface area contributed by atoms with E-state index in [0.717, 1.165) is 32.1 Å². The summed E-state index contributed by atoms with van der Waals surface area (Å²) in [6, 6.07) is 6.28. The van der Waals surface area contributed by atoms with Gasteiger partial charge in [0.1, 0.15) is 5.75 Å². The van der Waals surface area contributed by atoms with Crippen LogP contribution in [0.2, 0.25) is 0 Å². The highest BCUT2D eigenvalue weighted by Crippen LogP contribution is 2.45. The third-order valence-corrected chi connectivity index (χ3v) is 5.09. The van der Waals surface area contributed by atoms with Crippen molar-refractivity contribution in [2.24, 2.45) is 5.41 Å². The lowest BCUT2D eigenvalue weighted by molar-refractivity contribution is -0.155. The van der Waals surface area contributed by atoms with Gasteiger partial charge in [-0.1, -0.05) is 37.5 Å². The zero-order valence-corrected chi connectivity index (χ0v) is 13.5. The van der Waals surface area contributed by atoms with Crippen molar-refractivity contribution >= 4 is 11.8 Å². The number of piperidine rings is 1. The predicted octanol–water partition coefficient (Wildman–Crippen LogP) is 3.89. The van der Waals surface area contributed by atoms with Crippen LogP contribution in [0.3, 0.4) is 0 Å². The summed E-state index contributed by atoms with van der Waals surface area (Å²) in [6.45, 7) is -2.96. The highest BCUT2D eigenvalue weighted by molar-refractivity contribution is 5.98. The van der Waals surface area contributed by atoms with Crippen LogP contribution in [-0.2, 0) is 16.1 Å². The summed E-state index contributed by atoms with van der Waals surface area (Å²) in [7, 11) is 0. The molecule has 6 heteroatoms. The number of amides is 2. The lowest BCUT2D eigenvalue weighted by Gasteiger charge is -2.42. The van der Waals surface area contributed by atoms with Gasteiger partial charge in [-0.25, -0.2) is 0 Å². The van der Waals surface area contributed by atoms with Crippen molar-refractivity contribution < 1.29 is 23.1 Å². The third kappa shape index (κ3) is 3.57. The minimum absolute atomic E-state index is 0.00560. The van der Waals surface area contributed by atoms with Gasteiger partial charge in [0, 0.05) is 18.4 Å². The molecule has 1 aliphatic heterocycles. The Labute approximate surface area is 139 Å². The first-order valence-electron chi connectivity index (χ1n) is 8.35. The van der Waals surface area contributed by atoms with Crippen LogP contribution in [0.4, 0.5) is 8.78 Å². The molecule has 0 N–H and O–H groups in total. The summed E-state index contributed by atoms with van der Waals surface area (Å²) in [5, 5.41) is 0. The van der Waals surface area contributed by atoms with E-state index in [4.69, 9.17) is 0 Å². The molecule has 130 valence electrons. The molecule has 1 aliphatic carbocycles.